The molecule has 0 bridgehead atoms. The van der Waals surface area contributed by atoms with Gasteiger partial charge in [-0.15, -0.1) is 11.3 Å². The molecule has 2 heterocycles. The van der Waals surface area contributed by atoms with E-state index in [1.54, 1.807) is 11.3 Å². The van der Waals surface area contributed by atoms with Gasteiger partial charge in [-0.05, 0) is 82.3 Å². The second-order valence-corrected chi connectivity index (χ2v) is 10.1. The minimum atomic E-state index is -0.0668. The fraction of sp³-hybridized carbons (Fsp3) is 0.241. The zero-order chi connectivity index (χ0) is 23.7. The van der Waals surface area contributed by atoms with E-state index in [-0.39, 0.29) is 5.91 Å². The first-order chi connectivity index (χ1) is 16.5. The molecular formula is C29H29N3OS. The van der Waals surface area contributed by atoms with Crippen molar-refractivity contribution in [3.05, 3.63) is 99.2 Å². The third kappa shape index (κ3) is 4.36. The molecule has 0 fully saturated rings. The van der Waals surface area contributed by atoms with E-state index in [1.807, 2.05) is 36.5 Å². The Balaban J connectivity index is 1.50. The van der Waals surface area contributed by atoms with Crippen LogP contribution in [0.2, 0.25) is 0 Å². The van der Waals surface area contributed by atoms with E-state index in [1.165, 1.54) is 22.4 Å². The molecule has 1 N–H and O–H groups in total. The topological polar surface area (TPSA) is 46.4 Å². The molecule has 0 saturated carbocycles. The van der Waals surface area contributed by atoms with Crippen LogP contribution >= 0.6 is 11.3 Å². The van der Waals surface area contributed by atoms with Crippen molar-refractivity contribution >= 4 is 34.1 Å². The lowest BCUT2D eigenvalue weighted by Crippen LogP contribution is -2.14. The Morgan fingerprint density at radius 1 is 1.00 bits per heavy atom. The van der Waals surface area contributed by atoms with Crippen LogP contribution in [0.4, 0.5) is 10.7 Å². The number of rotatable bonds is 5. The van der Waals surface area contributed by atoms with Crippen molar-refractivity contribution in [3.63, 3.8) is 0 Å². The molecule has 1 aliphatic carbocycles. The minimum absolute atomic E-state index is 0.0668. The van der Waals surface area contributed by atoms with Crippen LogP contribution < -0.4 is 5.32 Å². The maximum atomic E-state index is 13.3. The van der Waals surface area contributed by atoms with E-state index >= 15 is 0 Å². The van der Waals surface area contributed by atoms with Gasteiger partial charge in [0.15, 0.2) is 0 Å². The van der Waals surface area contributed by atoms with Gasteiger partial charge in [-0.3, -0.25) is 4.79 Å². The van der Waals surface area contributed by atoms with Gasteiger partial charge in [0.05, 0.1) is 5.56 Å². The predicted molar refractivity (Wildman–Crippen MR) is 143 cm³/mol. The van der Waals surface area contributed by atoms with Gasteiger partial charge in [0.25, 0.3) is 5.91 Å². The van der Waals surface area contributed by atoms with Crippen molar-refractivity contribution in [1.29, 1.82) is 0 Å². The maximum Gasteiger partial charge on any atom is 0.259 e. The first-order valence-corrected chi connectivity index (χ1v) is 12.6. The van der Waals surface area contributed by atoms with E-state index in [4.69, 9.17) is 4.99 Å². The van der Waals surface area contributed by atoms with Crippen molar-refractivity contribution in [2.45, 2.75) is 46.5 Å². The van der Waals surface area contributed by atoms with E-state index in [9.17, 15) is 4.79 Å². The molecule has 0 atom stereocenters. The van der Waals surface area contributed by atoms with Crippen molar-refractivity contribution in [2.24, 2.45) is 4.99 Å². The summed E-state index contributed by atoms with van der Waals surface area (Å²) in [7, 11) is 0. The maximum absolute atomic E-state index is 13.3. The number of hydrogen-bond acceptors (Lipinski definition) is 3. The summed E-state index contributed by atoms with van der Waals surface area (Å²) in [6.07, 6.45) is 6.19. The Hall–Kier alpha value is -3.44. The molecule has 0 spiro atoms. The number of nitrogens with zero attached hydrogens (tertiary/aromatic N) is 2. The lowest BCUT2D eigenvalue weighted by atomic mass is 9.95. The highest BCUT2D eigenvalue weighted by Gasteiger charge is 2.25. The summed E-state index contributed by atoms with van der Waals surface area (Å²) in [5.74, 6) is -0.0668. The van der Waals surface area contributed by atoms with Crippen molar-refractivity contribution in [1.82, 2.24) is 4.57 Å². The lowest BCUT2D eigenvalue weighted by Gasteiger charge is -2.12. The zero-order valence-corrected chi connectivity index (χ0v) is 20.7. The molecule has 1 aliphatic rings. The number of nitrogens with one attached hydrogen (secondary N) is 1. The van der Waals surface area contributed by atoms with Gasteiger partial charge >= 0.3 is 0 Å². The number of carbonyl (C=O) groups is 1. The Morgan fingerprint density at radius 2 is 1.74 bits per heavy atom. The molecule has 0 radical (unpaired) electrons. The van der Waals surface area contributed by atoms with E-state index < -0.39 is 0 Å². The number of hydrogen-bond donors (Lipinski definition) is 1. The molecule has 0 unspecified atom stereocenters. The molecule has 0 aliphatic heterocycles. The van der Waals surface area contributed by atoms with Gasteiger partial charge in [-0.2, -0.15) is 0 Å². The number of thiophene rings is 1. The number of anilines is 1. The zero-order valence-electron chi connectivity index (χ0n) is 19.9. The normalized spacial score (nSPS) is 13.3. The monoisotopic (exact) mass is 467 g/mol. The third-order valence-corrected chi connectivity index (χ3v) is 7.69. The predicted octanol–water partition coefficient (Wildman–Crippen LogP) is 7.35. The molecule has 1 amide bonds. The summed E-state index contributed by atoms with van der Waals surface area (Å²) in [4.78, 5) is 19.5. The second-order valence-electron chi connectivity index (χ2n) is 8.97. The first-order valence-electron chi connectivity index (χ1n) is 11.8. The van der Waals surface area contributed by atoms with Crippen molar-refractivity contribution in [3.8, 4) is 5.69 Å². The second kappa shape index (κ2) is 9.43. The van der Waals surface area contributed by atoms with Gasteiger partial charge in [0, 0.05) is 39.4 Å². The first kappa shape index (κ1) is 22.4. The van der Waals surface area contributed by atoms with Gasteiger partial charge in [0.1, 0.15) is 5.00 Å². The standard InChI is InChI=1S/C29H29N3OS/c1-19-13-15-24(16-14-19)32-20(2)17-22(21(32)3)18-30-29-27(25-11-7-8-12-26(25)34-29)28(33)31-23-9-5-4-6-10-23/h4-6,9-10,13-18H,7-8,11-12H2,1-3H3,(H,31,33). The number of benzene rings is 2. The van der Waals surface area contributed by atoms with Crippen LogP contribution in [0.3, 0.4) is 0 Å². The lowest BCUT2D eigenvalue weighted by molar-refractivity contribution is 0.102. The fourth-order valence-corrected chi connectivity index (χ4v) is 5.96. The molecule has 34 heavy (non-hydrogen) atoms. The average Bonchev–Trinajstić information content (AvgIpc) is 3.35. The van der Waals surface area contributed by atoms with Crippen molar-refractivity contribution in [2.75, 3.05) is 5.32 Å². The number of carbonyl (C=O) groups excluding carboxylic acids is 1. The van der Waals surface area contributed by atoms with Crippen molar-refractivity contribution < 1.29 is 4.79 Å². The van der Waals surface area contributed by atoms with E-state index in [2.05, 4.69) is 61.0 Å². The van der Waals surface area contributed by atoms with Crippen LogP contribution in [0, 0.1) is 20.8 Å². The number of amides is 1. The summed E-state index contributed by atoms with van der Waals surface area (Å²) in [6.45, 7) is 6.34. The van der Waals surface area contributed by atoms with Gasteiger partial charge in [0.2, 0.25) is 0 Å². The quantitative estimate of drug-likeness (QED) is 0.307. The Bertz CT molecular complexity index is 1360. The summed E-state index contributed by atoms with van der Waals surface area (Å²) in [5.41, 5.74) is 8.50. The highest BCUT2D eigenvalue weighted by Crippen LogP contribution is 2.40. The molecule has 2 aromatic heterocycles. The van der Waals surface area contributed by atoms with Crippen LogP contribution in [0.1, 0.15) is 56.2 Å². The SMILES string of the molecule is Cc1ccc(-n2c(C)cc(C=Nc3sc4c(c3C(=O)Nc3ccccc3)CCCC4)c2C)cc1. The summed E-state index contributed by atoms with van der Waals surface area (Å²) >= 11 is 1.67. The Morgan fingerprint density at radius 3 is 2.50 bits per heavy atom. The molecule has 4 aromatic rings. The van der Waals surface area contributed by atoms with Crippen LogP contribution in [0.15, 0.2) is 65.7 Å². The fourth-order valence-electron chi connectivity index (χ4n) is 4.73. The molecule has 4 nitrogen and oxygen atoms in total. The van der Waals surface area contributed by atoms with Gasteiger partial charge in [-0.25, -0.2) is 4.99 Å². The molecule has 5 rings (SSSR count). The number of para-hydroxylation sites is 1. The minimum Gasteiger partial charge on any atom is -0.322 e. The van der Waals surface area contributed by atoms with E-state index in [0.717, 1.165) is 58.2 Å². The number of aliphatic imine (C=N–C) groups is 1. The number of fused-ring (bicyclic) bond motifs is 1. The van der Waals surface area contributed by atoms with E-state index in [0.29, 0.717) is 0 Å². The largest absolute Gasteiger partial charge is 0.322 e. The number of aromatic nitrogens is 1. The molecule has 0 saturated heterocycles. The van der Waals surface area contributed by atoms with Crippen LogP contribution in [-0.2, 0) is 12.8 Å². The van der Waals surface area contributed by atoms with Gasteiger partial charge in [-0.1, -0.05) is 35.9 Å². The average molecular weight is 468 g/mol. The smallest absolute Gasteiger partial charge is 0.259 e. The Kier molecular flexibility index (Phi) is 6.20. The third-order valence-electron chi connectivity index (χ3n) is 6.49. The highest BCUT2D eigenvalue weighted by atomic mass is 32.1. The molecule has 2 aromatic carbocycles. The summed E-state index contributed by atoms with van der Waals surface area (Å²) < 4.78 is 2.25. The summed E-state index contributed by atoms with van der Waals surface area (Å²) in [6, 6.07) is 20.4. The summed E-state index contributed by atoms with van der Waals surface area (Å²) in [5, 5.41) is 3.88. The molecule has 5 heteroatoms. The number of aryl methyl sites for hydroxylation is 3. The van der Waals surface area contributed by atoms with Crippen LogP contribution in [0.5, 0.6) is 0 Å². The van der Waals surface area contributed by atoms with Crippen LogP contribution in [0.25, 0.3) is 5.69 Å². The molecule has 172 valence electrons. The Labute approximate surface area is 205 Å². The molecular weight excluding hydrogens is 438 g/mol. The van der Waals surface area contributed by atoms with Crippen LogP contribution in [-0.4, -0.2) is 16.7 Å². The van der Waals surface area contributed by atoms with Gasteiger partial charge < -0.3 is 9.88 Å². The highest BCUT2D eigenvalue weighted by molar-refractivity contribution is 7.16.